The summed E-state index contributed by atoms with van der Waals surface area (Å²) in [5.41, 5.74) is 2.88. The van der Waals surface area contributed by atoms with Crippen LogP contribution in [0.2, 0.25) is 0 Å². The minimum Gasteiger partial charge on any atom is -0.497 e. The van der Waals surface area contributed by atoms with Crippen molar-refractivity contribution in [2.75, 3.05) is 30.9 Å². The number of amides is 1. The van der Waals surface area contributed by atoms with Gasteiger partial charge >= 0.3 is 0 Å². The zero-order valence-corrected chi connectivity index (χ0v) is 16.6. The molecule has 2 N–H and O–H groups in total. The Labute approximate surface area is 171 Å². The number of methoxy groups -OCH3 is 1. The van der Waals surface area contributed by atoms with Crippen LogP contribution in [0.4, 0.5) is 11.4 Å². The number of aryl methyl sites for hydroxylation is 1. The van der Waals surface area contributed by atoms with Crippen molar-refractivity contribution in [1.29, 1.82) is 0 Å². The Morgan fingerprint density at radius 1 is 0.862 bits per heavy atom. The number of anilines is 2. The number of rotatable bonds is 10. The molecule has 150 valence electrons. The summed E-state index contributed by atoms with van der Waals surface area (Å²) in [6.07, 6.45) is 1.95. The molecule has 1 amide bonds. The fraction of sp³-hybridized carbons (Fsp3) is 0.208. The second-order valence-electron chi connectivity index (χ2n) is 6.60. The van der Waals surface area contributed by atoms with Crippen LogP contribution < -0.4 is 20.1 Å². The van der Waals surface area contributed by atoms with E-state index in [4.69, 9.17) is 9.47 Å². The van der Waals surface area contributed by atoms with E-state index >= 15 is 0 Å². The molecule has 0 aliphatic rings. The summed E-state index contributed by atoms with van der Waals surface area (Å²) in [6, 6.07) is 25.3. The average Bonchev–Trinajstić information content (AvgIpc) is 2.77. The first-order chi connectivity index (χ1) is 14.2. The van der Waals surface area contributed by atoms with Crippen molar-refractivity contribution in [3.05, 3.63) is 84.4 Å². The van der Waals surface area contributed by atoms with Gasteiger partial charge in [0.25, 0.3) is 0 Å². The first-order valence-electron chi connectivity index (χ1n) is 9.67. The summed E-state index contributed by atoms with van der Waals surface area (Å²) in [7, 11) is 1.61. The Hall–Kier alpha value is -3.47. The van der Waals surface area contributed by atoms with Crippen LogP contribution in [0.15, 0.2) is 78.9 Å². The van der Waals surface area contributed by atoms with Crippen molar-refractivity contribution in [3.8, 4) is 11.5 Å². The average molecular weight is 390 g/mol. The van der Waals surface area contributed by atoms with Crippen molar-refractivity contribution >= 4 is 17.3 Å². The van der Waals surface area contributed by atoms with Crippen molar-refractivity contribution in [3.63, 3.8) is 0 Å². The number of hydrogen-bond donors (Lipinski definition) is 2. The molecule has 0 bridgehead atoms. The third-order valence-corrected chi connectivity index (χ3v) is 4.38. The van der Waals surface area contributed by atoms with Gasteiger partial charge in [0.1, 0.15) is 11.5 Å². The van der Waals surface area contributed by atoms with E-state index in [1.807, 2.05) is 54.6 Å². The molecule has 0 aliphatic heterocycles. The molecule has 0 spiro atoms. The van der Waals surface area contributed by atoms with Gasteiger partial charge < -0.3 is 20.1 Å². The van der Waals surface area contributed by atoms with E-state index in [-0.39, 0.29) is 12.5 Å². The van der Waals surface area contributed by atoms with Gasteiger partial charge in [-0.05, 0) is 54.8 Å². The van der Waals surface area contributed by atoms with E-state index in [2.05, 4.69) is 34.9 Å². The van der Waals surface area contributed by atoms with E-state index in [9.17, 15) is 4.79 Å². The van der Waals surface area contributed by atoms with Crippen LogP contribution >= 0.6 is 0 Å². The van der Waals surface area contributed by atoms with Crippen LogP contribution in [0.1, 0.15) is 12.0 Å². The lowest BCUT2D eigenvalue weighted by Gasteiger charge is -2.10. The SMILES string of the molecule is COc1cccc(NCC(=O)Nc2ccc(OCCCc3ccccc3)cc2)c1. The Kier molecular flexibility index (Phi) is 7.52. The molecule has 0 saturated carbocycles. The standard InChI is InChI=1S/C24H26N2O3/c1-28-23-11-5-10-21(17-23)25-18-24(27)26-20-12-14-22(15-13-20)29-16-6-9-19-7-3-2-4-8-19/h2-5,7-8,10-15,17,25H,6,9,16,18H2,1H3,(H,26,27). The lowest BCUT2D eigenvalue weighted by atomic mass is 10.1. The summed E-state index contributed by atoms with van der Waals surface area (Å²) >= 11 is 0. The lowest BCUT2D eigenvalue weighted by molar-refractivity contribution is -0.114. The molecule has 5 heteroatoms. The Morgan fingerprint density at radius 3 is 2.41 bits per heavy atom. The van der Waals surface area contributed by atoms with Gasteiger partial charge in [-0.1, -0.05) is 36.4 Å². The highest BCUT2D eigenvalue weighted by atomic mass is 16.5. The van der Waals surface area contributed by atoms with Gasteiger partial charge in [-0.2, -0.15) is 0 Å². The number of nitrogens with one attached hydrogen (secondary N) is 2. The van der Waals surface area contributed by atoms with Crippen LogP contribution in [0.3, 0.4) is 0 Å². The van der Waals surface area contributed by atoms with E-state index in [1.165, 1.54) is 5.56 Å². The maximum Gasteiger partial charge on any atom is 0.243 e. The molecule has 0 unspecified atom stereocenters. The quantitative estimate of drug-likeness (QED) is 0.490. The number of hydrogen-bond acceptors (Lipinski definition) is 4. The predicted molar refractivity (Wildman–Crippen MR) is 117 cm³/mol. The Bertz CT molecular complexity index is 896. The van der Waals surface area contributed by atoms with E-state index in [0.717, 1.165) is 35.7 Å². The van der Waals surface area contributed by atoms with Crippen molar-refractivity contribution in [2.45, 2.75) is 12.8 Å². The number of carbonyl (C=O) groups is 1. The second kappa shape index (κ2) is 10.8. The van der Waals surface area contributed by atoms with Crippen LogP contribution in [0.5, 0.6) is 11.5 Å². The normalized spacial score (nSPS) is 10.2. The first kappa shape index (κ1) is 20.3. The van der Waals surface area contributed by atoms with Crippen LogP contribution in [-0.4, -0.2) is 26.2 Å². The van der Waals surface area contributed by atoms with Crippen molar-refractivity contribution in [2.24, 2.45) is 0 Å². The zero-order chi connectivity index (χ0) is 20.3. The summed E-state index contributed by atoms with van der Waals surface area (Å²) in [4.78, 5) is 12.1. The third kappa shape index (κ3) is 6.88. The van der Waals surface area contributed by atoms with Gasteiger partial charge in [-0.25, -0.2) is 0 Å². The third-order valence-electron chi connectivity index (χ3n) is 4.38. The van der Waals surface area contributed by atoms with E-state index in [1.54, 1.807) is 7.11 Å². The van der Waals surface area contributed by atoms with Gasteiger partial charge in [0.05, 0.1) is 20.3 Å². The minimum absolute atomic E-state index is 0.121. The molecule has 3 rings (SSSR count). The molecule has 0 radical (unpaired) electrons. The van der Waals surface area contributed by atoms with E-state index < -0.39 is 0 Å². The summed E-state index contributed by atoms with van der Waals surface area (Å²) < 4.78 is 11.0. The second-order valence-corrected chi connectivity index (χ2v) is 6.60. The van der Waals surface area contributed by atoms with Gasteiger partial charge in [0.2, 0.25) is 5.91 Å². The van der Waals surface area contributed by atoms with Gasteiger partial charge in [0, 0.05) is 17.4 Å². The van der Waals surface area contributed by atoms with Gasteiger partial charge in [0.15, 0.2) is 0 Å². The molecule has 0 aromatic heterocycles. The fourth-order valence-corrected chi connectivity index (χ4v) is 2.87. The smallest absolute Gasteiger partial charge is 0.243 e. The molecule has 0 heterocycles. The maximum absolute atomic E-state index is 12.1. The number of benzene rings is 3. The minimum atomic E-state index is -0.121. The highest BCUT2D eigenvalue weighted by Crippen LogP contribution is 2.18. The predicted octanol–water partition coefficient (Wildman–Crippen LogP) is 4.76. The fourth-order valence-electron chi connectivity index (χ4n) is 2.87. The molecule has 0 aliphatic carbocycles. The Balaban J connectivity index is 1.38. The van der Waals surface area contributed by atoms with Gasteiger partial charge in [-0.15, -0.1) is 0 Å². The maximum atomic E-state index is 12.1. The van der Waals surface area contributed by atoms with Crippen molar-refractivity contribution in [1.82, 2.24) is 0 Å². The molecular weight excluding hydrogens is 364 g/mol. The molecule has 0 atom stereocenters. The summed E-state index contributed by atoms with van der Waals surface area (Å²) in [6.45, 7) is 0.829. The first-order valence-corrected chi connectivity index (χ1v) is 9.67. The van der Waals surface area contributed by atoms with Crippen LogP contribution in [-0.2, 0) is 11.2 Å². The highest BCUT2D eigenvalue weighted by Gasteiger charge is 2.04. The molecule has 5 nitrogen and oxygen atoms in total. The van der Waals surface area contributed by atoms with Crippen LogP contribution in [0, 0.1) is 0 Å². The largest absolute Gasteiger partial charge is 0.497 e. The summed E-state index contributed by atoms with van der Waals surface area (Å²) in [5.74, 6) is 1.42. The molecule has 0 fully saturated rings. The molecule has 0 saturated heterocycles. The van der Waals surface area contributed by atoms with Crippen molar-refractivity contribution < 1.29 is 14.3 Å². The topological polar surface area (TPSA) is 59.6 Å². The Morgan fingerprint density at radius 2 is 1.66 bits per heavy atom. The number of ether oxygens (including phenoxy) is 2. The van der Waals surface area contributed by atoms with Crippen LogP contribution in [0.25, 0.3) is 0 Å². The zero-order valence-electron chi connectivity index (χ0n) is 16.6. The highest BCUT2D eigenvalue weighted by molar-refractivity contribution is 5.93. The molecule has 29 heavy (non-hydrogen) atoms. The monoisotopic (exact) mass is 390 g/mol. The lowest BCUT2D eigenvalue weighted by Crippen LogP contribution is -2.21. The molecular formula is C24H26N2O3. The molecule has 3 aromatic carbocycles. The van der Waals surface area contributed by atoms with Gasteiger partial charge in [-0.3, -0.25) is 4.79 Å². The van der Waals surface area contributed by atoms with E-state index in [0.29, 0.717) is 6.61 Å². The summed E-state index contributed by atoms with van der Waals surface area (Å²) in [5, 5.41) is 5.95. The number of carbonyl (C=O) groups excluding carboxylic acids is 1. The molecule has 3 aromatic rings.